The van der Waals surface area contributed by atoms with Gasteiger partial charge in [0.15, 0.2) is 0 Å². The molecule has 14 heavy (non-hydrogen) atoms. The second kappa shape index (κ2) is 3.18. The van der Waals surface area contributed by atoms with Crippen LogP contribution >= 0.6 is 0 Å². The maximum absolute atomic E-state index is 11.3. The first-order chi connectivity index (χ1) is 6.70. The Kier molecular flexibility index (Phi) is 2.00. The van der Waals surface area contributed by atoms with Crippen molar-refractivity contribution in [1.82, 2.24) is 0 Å². The van der Waals surface area contributed by atoms with E-state index in [9.17, 15) is 9.90 Å². The van der Waals surface area contributed by atoms with Gasteiger partial charge in [0.1, 0.15) is 12.4 Å². The molecular formula is C11H10O3. The van der Waals surface area contributed by atoms with Crippen LogP contribution in [0, 0.1) is 0 Å². The first-order valence-corrected chi connectivity index (χ1v) is 4.35. The third kappa shape index (κ3) is 1.27. The van der Waals surface area contributed by atoms with Crippen LogP contribution in [0.15, 0.2) is 29.8 Å². The van der Waals surface area contributed by atoms with Crippen LogP contribution in [-0.4, -0.2) is 17.7 Å². The van der Waals surface area contributed by atoms with Crippen molar-refractivity contribution in [3.05, 3.63) is 35.4 Å². The average Bonchev–Trinajstić information content (AvgIpc) is 2.48. The number of cyclic esters (lactones) is 1. The van der Waals surface area contributed by atoms with Gasteiger partial charge in [-0.2, -0.15) is 0 Å². The highest BCUT2D eigenvalue weighted by atomic mass is 16.5. The van der Waals surface area contributed by atoms with Crippen molar-refractivity contribution in [1.29, 1.82) is 0 Å². The van der Waals surface area contributed by atoms with E-state index in [2.05, 4.69) is 0 Å². The van der Waals surface area contributed by atoms with E-state index in [0.29, 0.717) is 17.7 Å². The Bertz CT molecular complexity index is 418. The second-order valence-corrected chi connectivity index (χ2v) is 3.25. The quantitative estimate of drug-likeness (QED) is 0.686. The van der Waals surface area contributed by atoms with E-state index < -0.39 is 0 Å². The van der Waals surface area contributed by atoms with Crippen LogP contribution in [0.3, 0.4) is 0 Å². The molecular weight excluding hydrogens is 180 g/mol. The smallest absolute Gasteiger partial charge is 0.339 e. The van der Waals surface area contributed by atoms with Crippen LogP contribution in [0.5, 0.6) is 5.75 Å². The van der Waals surface area contributed by atoms with E-state index in [1.807, 2.05) is 6.92 Å². The van der Waals surface area contributed by atoms with Crippen molar-refractivity contribution >= 4 is 11.5 Å². The summed E-state index contributed by atoms with van der Waals surface area (Å²) in [4.78, 5) is 11.3. The summed E-state index contributed by atoms with van der Waals surface area (Å²) in [6.45, 7) is 2.15. The topological polar surface area (TPSA) is 46.5 Å². The lowest BCUT2D eigenvalue weighted by molar-refractivity contribution is -0.134. The van der Waals surface area contributed by atoms with Gasteiger partial charge in [-0.1, -0.05) is 18.2 Å². The van der Waals surface area contributed by atoms with Gasteiger partial charge in [0.2, 0.25) is 0 Å². The Morgan fingerprint density at radius 1 is 1.36 bits per heavy atom. The molecule has 3 heteroatoms. The zero-order chi connectivity index (χ0) is 10.1. The van der Waals surface area contributed by atoms with Crippen molar-refractivity contribution in [3.63, 3.8) is 0 Å². The molecule has 0 spiro atoms. The number of ether oxygens (including phenoxy) is 1. The highest BCUT2D eigenvalue weighted by molar-refractivity contribution is 6.19. The van der Waals surface area contributed by atoms with Gasteiger partial charge in [0.25, 0.3) is 0 Å². The number of para-hydroxylation sites is 1. The van der Waals surface area contributed by atoms with E-state index >= 15 is 0 Å². The molecule has 1 heterocycles. The van der Waals surface area contributed by atoms with Crippen LogP contribution in [-0.2, 0) is 9.53 Å². The van der Waals surface area contributed by atoms with Gasteiger partial charge >= 0.3 is 5.97 Å². The Labute approximate surface area is 81.6 Å². The number of carbonyl (C=O) groups excluding carboxylic acids is 1. The van der Waals surface area contributed by atoms with Gasteiger partial charge in [0.05, 0.1) is 5.57 Å². The highest BCUT2D eigenvalue weighted by Crippen LogP contribution is 2.31. The Morgan fingerprint density at radius 3 is 2.64 bits per heavy atom. The van der Waals surface area contributed by atoms with E-state index in [-0.39, 0.29) is 11.7 Å². The van der Waals surface area contributed by atoms with E-state index in [0.717, 1.165) is 5.57 Å². The molecule has 1 aliphatic rings. The van der Waals surface area contributed by atoms with Gasteiger partial charge < -0.3 is 9.84 Å². The minimum absolute atomic E-state index is 0.112. The lowest BCUT2D eigenvalue weighted by Gasteiger charge is -2.03. The number of aromatic hydroxyl groups is 1. The molecule has 3 nitrogen and oxygen atoms in total. The van der Waals surface area contributed by atoms with Gasteiger partial charge in [-0.05, 0) is 18.6 Å². The lowest BCUT2D eigenvalue weighted by Crippen LogP contribution is -1.98. The average molecular weight is 190 g/mol. The number of hydrogen-bond acceptors (Lipinski definition) is 3. The molecule has 0 aromatic heterocycles. The van der Waals surface area contributed by atoms with E-state index in [4.69, 9.17) is 4.74 Å². The fourth-order valence-electron chi connectivity index (χ4n) is 1.52. The largest absolute Gasteiger partial charge is 0.507 e. The molecule has 0 aliphatic carbocycles. The standard InChI is InChI=1S/C11H10O3/c1-7-6-14-11(13)10(7)8-4-2-3-5-9(8)12/h2-5,12H,6H2,1H3. The van der Waals surface area contributed by atoms with Crippen molar-refractivity contribution < 1.29 is 14.6 Å². The minimum atomic E-state index is -0.357. The SMILES string of the molecule is CC1=C(c2ccccc2O)C(=O)OC1. The van der Waals surface area contributed by atoms with Gasteiger partial charge in [0, 0.05) is 5.56 Å². The Balaban J connectivity index is 2.55. The van der Waals surface area contributed by atoms with Crippen LogP contribution in [0.25, 0.3) is 5.57 Å². The summed E-state index contributed by atoms with van der Waals surface area (Å²) in [7, 11) is 0. The highest BCUT2D eigenvalue weighted by Gasteiger charge is 2.25. The molecule has 72 valence electrons. The Hall–Kier alpha value is -1.77. The first kappa shape index (κ1) is 8.81. The maximum Gasteiger partial charge on any atom is 0.339 e. The first-order valence-electron chi connectivity index (χ1n) is 4.35. The molecule has 0 saturated heterocycles. The molecule has 0 unspecified atom stereocenters. The van der Waals surface area contributed by atoms with Crippen molar-refractivity contribution in [3.8, 4) is 5.75 Å². The summed E-state index contributed by atoms with van der Waals surface area (Å²) in [5.41, 5.74) is 1.90. The van der Waals surface area contributed by atoms with Crippen molar-refractivity contribution in [2.75, 3.05) is 6.61 Å². The van der Waals surface area contributed by atoms with Crippen molar-refractivity contribution in [2.24, 2.45) is 0 Å². The second-order valence-electron chi connectivity index (χ2n) is 3.25. The summed E-state index contributed by atoms with van der Waals surface area (Å²) in [6.07, 6.45) is 0. The fraction of sp³-hybridized carbons (Fsp3) is 0.182. The van der Waals surface area contributed by atoms with E-state index in [1.54, 1.807) is 24.3 Å². The Morgan fingerprint density at radius 2 is 2.07 bits per heavy atom. The monoisotopic (exact) mass is 190 g/mol. The van der Waals surface area contributed by atoms with Crippen molar-refractivity contribution in [2.45, 2.75) is 6.92 Å². The van der Waals surface area contributed by atoms with Crippen LogP contribution < -0.4 is 0 Å². The molecule has 2 rings (SSSR count). The summed E-state index contributed by atoms with van der Waals surface area (Å²) in [5, 5.41) is 9.56. The molecule has 0 radical (unpaired) electrons. The molecule has 0 saturated carbocycles. The third-order valence-electron chi connectivity index (χ3n) is 2.22. The summed E-state index contributed by atoms with van der Waals surface area (Å²) < 4.78 is 4.86. The number of hydrogen-bond donors (Lipinski definition) is 1. The predicted molar refractivity (Wildman–Crippen MR) is 51.7 cm³/mol. The summed E-state index contributed by atoms with van der Waals surface area (Å²) in [5.74, 6) is -0.246. The van der Waals surface area contributed by atoms with Crippen LogP contribution in [0.1, 0.15) is 12.5 Å². The number of carbonyl (C=O) groups is 1. The number of esters is 1. The summed E-state index contributed by atoms with van der Waals surface area (Å²) >= 11 is 0. The van der Waals surface area contributed by atoms with Crippen LogP contribution in [0.4, 0.5) is 0 Å². The molecule has 1 aromatic carbocycles. The van der Waals surface area contributed by atoms with Gasteiger partial charge in [-0.3, -0.25) is 0 Å². The molecule has 0 amide bonds. The lowest BCUT2D eigenvalue weighted by atomic mass is 10.0. The summed E-state index contributed by atoms with van der Waals surface area (Å²) in [6, 6.07) is 6.76. The molecule has 1 aromatic rings. The molecule has 0 fully saturated rings. The predicted octanol–water partition coefficient (Wildman–Crippen LogP) is 1.72. The van der Waals surface area contributed by atoms with Gasteiger partial charge in [-0.15, -0.1) is 0 Å². The molecule has 0 bridgehead atoms. The number of phenolic OH excluding ortho intramolecular Hbond substituents is 1. The molecule has 0 atom stereocenters. The number of rotatable bonds is 1. The molecule has 1 N–H and O–H groups in total. The minimum Gasteiger partial charge on any atom is -0.507 e. The normalized spacial score (nSPS) is 15.9. The van der Waals surface area contributed by atoms with E-state index in [1.165, 1.54) is 0 Å². The number of phenols is 1. The number of benzene rings is 1. The van der Waals surface area contributed by atoms with Crippen LogP contribution in [0.2, 0.25) is 0 Å². The zero-order valence-electron chi connectivity index (χ0n) is 7.78. The fourth-order valence-corrected chi connectivity index (χ4v) is 1.52. The maximum atomic E-state index is 11.3. The zero-order valence-corrected chi connectivity index (χ0v) is 7.78. The van der Waals surface area contributed by atoms with Gasteiger partial charge in [-0.25, -0.2) is 4.79 Å². The molecule has 1 aliphatic heterocycles. The third-order valence-corrected chi connectivity index (χ3v) is 2.22.